The van der Waals surface area contributed by atoms with Gasteiger partial charge in [0.2, 0.25) is 5.91 Å². The minimum atomic E-state index is 0.0156. The van der Waals surface area contributed by atoms with Crippen LogP contribution in [0.3, 0.4) is 0 Å². The number of hydrogen-bond donors (Lipinski definition) is 1. The molecule has 0 saturated heterocycles. The molecule has 0 aliphatic heterocycles. The van der Waals surface area contributed by atoms with Gasteiger partial charge in [-0.3, -0.25) is 9.48 Å². The van der Waals surface area contributed by atoms with E-state index in [-0.39, 0.29) is 5.91 Å². The summed E-state index contributed by atoms with van der Waals surface area (Å²) in [7, 11) is 0. The molecule has 2 aromatic rings. The van der Waals surface area contributed by atoms with Gasteiger partial charge in [0.1, 0.15) is 0 Å². The third kappa shape index (κ3) is 3.44. The van der Waals surface area contributed by atoms with Crippen molar-refractivity contribution in [1.82, 2.24) is 9.78 Å². The monoisotopic (exact) mass is 257 g/mol. The molecule has 0 bridgehead atoms. The van der Waals surface area contributed by atoms with Crippen molar-refractivity contribution in [2.75, 3.05) is 5.32 Å². The molecule has 0 saturated carbocycles. The van der Waals surface area contributed by atoms with Crippen LogP contribution in [-0.2, 0) is 11.3 Å². The van der Waals surface area contributed by atoms with Gasteiger partial charge in [-0.15, -0.1) is 0 Å². The van der Waals surface area contributed by atoms with E-state index in [1.165, 1.54) is 5.56 Å². The van der Waals surface area contributed by atoms with Crippen molar-refractivity contribution in [3.8, 4) is 0 Å². The summed E-state index contributed by atoms with van der Waals surface area (Å²) in [6.45, 7) is 6.59. The fourth-order valence-electron chi connectivity index (χ4n) is 1.90. The molecule has 2 rings (SSSR count). The first kappa shape index (κ1) is 13.3. The molecule has 0 atom stereocenters. The average molecular weight is 257 g/mol. The number of nitrogens with zero attached hydrogens (tertiary/aromatic N) is 2. The lowest BCUT2D eigenvalue weighted by Crippen LogP contribution is -2.15. The molecule has 1 aromatic carbocycles. The van der Waals surface area contributed by atoms with E-state index in [1.807, 2.05) is 51.2 Å². The van der Waals surface area contributed by atoms with E-state index >= 15 is 0 Å². The van der Waals surface area contributed by atoms with E-state index in [2.05, 4.69) is 10.4 Å². The Morgan fingerprint density at radius 1 is 1.26 bits per heavy atom. The minimum Gasteiger partial charge on any atom is -0.326 e. The molecule has 1 amide bonds. The van der Waals surface area contributed by atoms with Gasteiger partial charge in [0.05, 0.1) is 5.69 Å². The molecule has 19 heavy (non-hydrogen) atoms. The lowest BCUT2D eigenvalue weighted by Gasteiger charge is -2.10. The Balaban J connectivity index is 1.92. The van der Waals surface area contributed by atoms with Crippen LogP contribution in [0.25, 0.3) is 0 Å². The zero-order valence-electron chi connectivity index (χ0n) is 11.6. The lowest BCUT2D eigenvalue weighted by atomic mass is 10.1. The summed E-state index contributed by atoms with van der Waals surface area (Å²) in [5.74, 6) is 0.0156. The smallest absolute Gasteiger partial charge is 0.226 e. The summed E-state index contributed by atoms with van der Waals surface area (Å²) >= 11 is 0. The van der Waals surface area contributed by atoms with Crippen LogP contribution >= 0.6 is 0 Å². The highest BCUT2D eigenvalue weighted by molar-refractivity contribution is 5.91. The molecular weight excluding hydrogens is 238 g/mol. The maximum Gasteiger partial charge on any atom is 0.226 e. The van der Waals surface area contributed by atoms with E-state index in [4.69, 9.17) is 0 Å². The number of anilines is 1. The van der Waals surface area contributed by atoms with Crippen molar-refractivity contribution in [3.05, 3.63) is 47.3 Å². The molecule has 0 spiro atoms. The zero-order chi connectivity index (χ0) is 13.8. The van der Waals surface area contributed by atoms with E-state index in [0.717, 1.165) is 16.9 Å². The van der Waals surface area contributed by atoms with Crippen molar-refractivity contribution >= 4 is 11.6 Å². The Morgan fingerprint density at radius 3 is 2.74 bits per heavy atom. The Kier molecular flexibility index (Phi) is 4.00. The predicted octanol–water partition coefficient (Wildman–Crippen LogP) is 2.84. The lowest BCUT2D eigenvalue weighted by molar-refractivity contribution is -0.116. The molecule has 4 heteroatoms. The maximum atomic E-state index is 11.9. The molecule has 1 N–H and O–H groups in total. The maximum absolute atomic E-state index is 11.9. The summed E-state index contributed by atoms with van der Waals surface area (Å²) in [6, 6.07) is 7.85. The molecule has 0 unspecified atom stereocenters. The second-order valence-electron chi connectivity index (χ2n) is 4.77. The molecule has 0 fully saturated rings. The van der Waals surface area contributed by atoms with E-state index in [9.17, 15) is 4.79 Å². The summed E-state index contributed by atoms with van der Waals surface area (Å²) in [5.41, 5.74) is 4.16. The van der Waals surface area contributed by atoms with Crippen LogP contribution in [0.5, 0.6) is 0 Å². The SMILES string of the molecule is Cc1ccn(CCC(=O)Nc2cccc(C)c2C)n1. The number of rotatable bonds is 4. The van der Waals surface area contributed by atoms with Crippen molar-refractivity contribution in [2.24, 2.45) is 0 Å². The first-order valence-corrected chi connectivity index (χ1v) is 6.42. The van der Waals surface area contributed by atoms with E-state index < -0.39 is 0 Å². The number of carbonyl (C=O) groups is 1. The number of aryl methyl sites for hydroxylation is 3. The number of benzene rings is 1. The number of hydrogen-bond acceptors (Lipinski definition) is 2. The Bertz CT molecular complexity index is 587. The summed E-state index contributed by atoms with van der Waals surface area (Å²) in [5, 5.41) is 7.21. The molecule has 0 radical (unpaired) electrons. The number of aromatic nitrogens is 2. The van der Waals surface area contributed by atoms with Crippen molar-refractivity contribution in [2.45, 2.75) is 33.7 Å². The van der Waals surface area contributed by atoms with Crippen LogP contribution < -0.4 is 5.32 Å². The fourth-order valence-corrected chi connectivity index (χ4v) is 1.90. The number of carbonyl (C=O) groups excluding carboxylic acids is 1. The van der Waals surface area contributed by atoms with Crippen LogP contribution in [0.2, 0.25) is 0 Å². The molecule has 1 heterocycles. The van der Waals surface area contributed by atoms with Gasteiger partial charge in [0.25, 0.3) is 0 Å². The van der Waals surface area contributed by atoms with Gasteiger partial charge in [-0.05, 0) is 44.0 Å². The molecule has 0 aliphatic carbocycles. The summed E-state index contributed by atoms with van der Waals surface area (Å²) < 4.78 is 1.79. The molecule has 100 valence electrons. The quantitative estimate of drug-likeness (QED) is 0.915. The fraction of sp³-hybridized carbons (Fsp3) is 0.333. The molecule has 1 aromatic heterocycles. The summed E-state index contributed by atoms with van der Waals surface area (Å²) in [4.78, 5) is 11.9. The Hall–Kier alpha value is -2.10. The van der Waals surface area contributed by atoms with Crippen molar-refractivity contribution in [1.29, 1.82) is 0 Å². The van der Waals surface area contributed by atoms with Gasteiger partial charge in [0.15, 0.2) is 0 Å². The van der Waals surface area contributed by atoms with Gasteiger partial charge >= 0.3 is 0 Å². The molecular formula is C15H19N3O. The predicted molar refractivity (Wildman–Crippen MR) is 76.1 cm³/mol. The number of nitrogens with one attached hydrogen (secondary N) is 1. The highest BCUT2D eigenvalue weighted by Gasteiger charge is 2.06. The van der Waals surface area contributed by atoms with Crippen molar-refractivity contribution in [3.63, 3.8) is 0 Å². The van der Waals surface area contributed by atoms with Gasteiger partial charge < -0.3 is 5.32 Å². The summed E-state index contributed by atoms with van der Waals surface area (Å²) in [6.07, 6.45) is 2.31. The van der Waals surface area contributed by atoms with Crippen LogP contribution in [0.4, 0.5) is 5.69 Å². The third-order valence-corrected chi connectivity index (χ3v) is 3.22. The highest BCUT2D eigenvalue weighted by atomic mass is 16.1. The van der Waals surface area contributed by atoms with E-state index in [1.54, 1.807) is 4.68 Å². The van der Waals surface area contributed by atoms with Gasteiger partial charge in [-0.2, -0.15) is 5.10 Å². The number of amides is 1. The van der Waals surface area contributed by atoms with Gasteiger partial charge in [-0.1, -0.05) is 12.1 Å². The standard InChI is InChI=1S/C15H19N3O/c1-11-5-4-6-14(13(11)3)16-15(19)8-10-18-9-7-12(2)17-18/h4-7,9H,8,10H2,1-3H3,(H,16,19). The Morgan fingerprint density at radius 2 is 2.05 bits per heavy atom. The highest BCUT2D eigenvalue weighted by Crippen LogP contribution is 2.18. The average Bonchev–Trinajstić information content (AvgIpc) is 2.78. The van der Waals surface area contributed by atoms with Crippen LogP contribution in [0, 0.1) is 20.8 Å². The van der Waals surface area contributed by atoms with Crippen molar-refractivity contribution < 1.29 is 4.79 Å². The van der Waals surface area contributed by atoms with E-state index in [0.29, 0.717) is 13.0 Å². The Labute approximate surface area is 113 Å². The normalized spacial score (nSPS) is 10.5. The molecule has 0 aliphatic rings. The van der Waals surface area contributed by atoms with Crippen LogP contribution in [-0.4, -0.2) is 15.7 Å². The van der Waals surface area contributed by atoms with Gasteiger partial charge in [-0.25, -0.2) is 0 Å². The first-order chi connectivity index (χ1) is 9.06. The second-order valence-corrected chi connectivity index (χ2v) is 4.77. The largest absolute Gasteiger partial charge is 0.326 e. The second kappa shape index (κ2) is 5.69. The third-order valence-electron chi connectivity index (χ3n) is 3.22. The first-order valence-electron chi connectivity index (χ1n) is 6.42. The van der Waals surface area contributed by atoms with Crippen LogP contribution in [0.15, 0.2) is 30.5 Å². The van der Waals surface area contributed by atoms with Crippen LogP contribution in [0.1, 0.15) is 23.2 Å². The topological polar surface area (TPSA) is 46.9 Å². The minimum absolute atomic E-state index is 0.0156. The zero-order valence-corrected chi connectivity index (χ0v) is 11.6. The molecule has 4 nitrogen and oxygen atoms in total. The van der Waals surface area contributed by atoms with Gasteiger partial charge in [0, 0.05) is 24.8 Å².